The zero-order valence-electron chi connectivity index (χ0n) is 11.8. The number of carbonyl (C=O) groups excluding carboxylic acids is 2. The highest BCUT2D eigenvalue weighted by Gasteiger charge is 2.55. The second kappa shape index (κ2) is 5.10. The quantitative estimate of drug-likeness (QED) is 0.626. The van der Waals surface area contributed by atoms with E-state index < -0.39 is 5.41 Å². The molecular formula is C15H22N2O2S. The van der Waals surface area contributed by atoms with Gasteiger partial charge in [-0.1, -0.05) is 37.9 Å². The normalized spacial score (nSPS) is 33.1. The summed E-state index contributed by atoms with van der Waals surface area (Å²) in [6.45, 7) is 0. The number of carbonyl (C=O) groups is 2. The van der Waals surface area contributed by atoms with E-state index in [4.69, 9.17) is 18.0 Å². The fourth-order valence-electron chi connectivity index (χ4n) is 4.36. The largest absolute Gasteiger partial charge is 0.393 e. The van der Waals surface area contributed by atoms with E-state index in [1.165, 1.54) is 6.42 Å². The van der Waals surface area contributed by atoms with E-state index in [0.29, 0.717) is 11.4 Å². The minimum Gasteiger partial charge on any atom is -0.393 e. The molecule has 2 atom stereocenters. The van der Waals surface area contributed by atoms with Gasteiger partial charge in [0.05, 0.1) is 10.4 Å². The van der Waals surface area contributed by atoms with Gasteiger partial charge in [-0.3, -0.25) is 14.5 Å². The minimum absolute atomic E-state index is 0.00468. The molecule has 1 aliphatic heterocycles. The molecule has 2 unspecified atom stereocenters. The molecule has 2 N–H and O–H groups in total. The smallest absolute Gasteiger partial charge is 0.236 e. The number of imide groups is 1. The van der Waals surface area contributed by atoms with Gasteiger partial charge in [-0.05, 0) is 25.7 Å². The first-order chi connectivity index (χ1) is 9.55. The van der Waals surface area contributed by atoms with Crippen LogP contribution >= 0.6 is 12.2 Å². The molecule has 1 saturated heterocycles. The monoisotopic (exact) mass is 294 g/mol. The summed E-state index contributed by atoms with van der Waals surface area (Å²) in [7, 11) is 0. The van der Waals surface area contributed by atoms with E-state index in [1.54, 1.807) is 4.90 Å². The molecule has 1 spiro atoms. The molecule has 2 aliphatic carbocycles. The van der Waals surface area contributed by atoms with Gasteiger partial charge in [-0.2, -0.15) is 0 Å². The van der Waals surface area contributed by atoms with Gasteiger partial charge in [-0.25, -0.2) is 0 Å². The Hall–Kier alpha value is -0.970. The van der Waals surface area contributed by atoms with E-state index >= 15 is 0 Å². The standard InChI is InChI=1S/C15H22N2O2S/c16-13(20)10-5-4-6-11(10)17-12(18)9-15(14(17)19)7-2-1-3-8-15/h10-11H,1-9H2,(H2,16,20). The van der Waals surface area contributed by atoms with E-state index in [1.807, 2.05) is 0 Å². The summed E-state index contributed by atoms with van der Waals surface area (Å²) in [5, 5.41) is 0. The molecule has 2 amide bonds. The van der Waals surface area contributed by atoms with Crippen LogP contribution < -0.4 is 5.73 Å². The third-order valence-electron chi connectivity index (χ3n) is 5.42. The number of thiocarbonyl (C=S) groups is 1. The zero-order chi connectivity index (χ0) is 14.3. The lowest BCUT2D eigenvalue weighted by Crippen LogP contribution is -2.47. The number of rotatable bonds is 2. The van der Waals surface area contributed by atoms with Crippen molar-refractivity contribution in [2.75, 3.05) is 0 Å². The predicted octanol–water partition coefficient (Wildman–Crippen LogP) is 2.15. The summed E-state index contributed by atoms with van der Waals surface area (Å²) in [6, 6.07) is -0.0752. The number of hydrogen-bond acceptors (Lipinski definition) is 3. The Kier molecular flexibility index (Phi) is 3.56. The molecule has 0 aromatic heterocycles. The van der Waals surface area contributed by atoms with Gasteiger partial charge >= 0.3 is 0 Å². The highest BCUT2D eigenvalue weighted by Crippen LogP contribution is 2.47. The van der Waals surface area contributed by atoms with Gasteiger partial charge in [0.2, 0.25) is 11.8 Å². The molecular weight excluding hydrogens is 272 g/mol. The van der Waals surface area contributed by atoms with Crippen molar-refractivity contribution in [3.05, 3.63) is 0 Å². The topological polar surface area (TPSA) is 63.4 Å². The maximum Gasteiger partial charge on any atom is 0.236 e. The lowest BCUT2D eigenvalue weighted by atomic mass is 9.73. The van der Waals surface area contributed by atoms with Crippen molar-refractivity contribution < 1.29 is 9.59 Å². The summed E-state index contributed by atoms with van der Waals surface area (Å²) in [5.74, 6) is 0.0945. The van der Waals surface area contributed by atoms with Crippen LogP contribution in [0.2, 0.25) is 0 Å². The zero-order valence-corrected chi connectivity index (χ0v) is 12.6. The van der Waals surface area contributed by atoms with Crippen molar-refractivity contribution in [1.82, 2.24) is 4.90 Å². The number of amides is 2. The Morgan fingerprint density at radius 2 is 1.85 bits per heavy atom. The lowest BCUT2D eigenvalue weighted by molar-refractivity contribution is -0.145. The SMILES string of the molecule is NC(=S)C1CCCC1N1C(=O)CC2(CCCCC2)C1=O. The Morgan fingerprint density at radius 1 is 1.15 bits per heavy atom. The summed E-state index contributed by atoms with van der Waals surface area (Å²) >= 11 is 5.12. The Labute approximate surface area is 125 Å². The third-order valence-corrected chi connectivity index (χ3v) is 5.72. The van der Waals surface area contributed by atoms with Crippen molar-refractivity contribution in [2.24, 2.45) is 17.1 Å². The van der Waals surface area contributed by atoms with Crippen LogP contribution in [0.3, 0.4) is 0 Å². The van der Waals surface area contributed by atoms with E-state index in [2.05, 4.69) is 0 Å². The first kappa shape index (κ1) is 14.0. The van der Waals surface area contributed by atoms with Crippen LogP contribution in [0.1, 0.15) is 57.8 Å². The van der Waals surface area contributed by atoms with E-state index in [-0.39, 0.29) is 23.8 Å². The Morgan fingerprint density at radius 3 is 2.50 bits per heavy atom. The summed E-state index contributed by atoms with van der Waals surface area (Å²) in [5.41, 5.74) is 5.41. The van der Waals surface area contributed by atoms with Crippen LogP contribution in [0.15, 0.2) is 0 Å². The second-order valence-electron chi connectivity index (χ2n) is 6.59. The van der Waals surface area contributed by atoms with Crippen LogP contribution in [0.4, 0.5) is 0 Å². The van der Waals surface area contributed by atoms with Crippen molar-refractivity contribution >= 4 is 29.0 Å². The Balaban J connectivity index is 1.85. The Bertz CT molecular complexity index is 457. The maximum atomic E-state index is 12.9. The van der Waals surface area contributed by atoms with Crippen molar-refractivity contribution in [3.63, 3.8) is 0 Å². The first-order valence-corrected chi connectivity index (χ1v) is 8.12. The first-order valence-electron chi connectivity index (χ1n) is 7.71. The molecule has 2 saturated carbocycles. The number of nitrogens with zero attached hydrogens (tertiary/aromatic N) is 1. The third kappa shape index (κ3) is 2.07. The van der Waals surface area contributed by atoms with Crippen LogP contribution in [0.5, 0.6) is 0 Å². The molecule has 3 fully saturated rings. The summed E-state index contributed by atoms with van der Waals surface area (Å²) < 4.78 is 0. The molecule has 4 nitrogen and oxygen atoms in total. The molecule has 1 heterocycles. The number of hydrogen-bond donors (Lipinski definition) is 1. The molecule has 0 radical (unpaired) electrons. The van der Waals surface area contributed by atoms with E-state index in [9.17, 15) is 9.59 Å². The van der Waals surface area contributed by atoms with Crippen molar-refractivity contribution in [3.8, 4) is 0 Å². The summed E-state index contributed by atoms with van der Waals surface area (Å²) in [6.07, 6.45) is 8.23. The molecule has 110 valence electrons. The van der Waals surface area contributed by atoms with Crippen molar-refractivity contribution in [1.29, 1.82) is 0 Å². The van der Waals surface area contributed by atoms with E-state index in [0.717, 1.165) is 44.9 Å². The predicted molar refractivity (Wildman–Crippen MR) is 79.9 cm³/mol. The highest BCUT2D eigenvalue weighted by atomic mass is 32.1. The average molecular weight is 294 g/mol. The van der Waals surface area contributed by atoms with Gasteiger partial charge < -0.3 is 5.73 Å². The van der Waals surface area contributed by atoms with Gasteiger partial charge in [0.25, 0.3) is 0 Å². The van der Waals surface area contributed by atoms with Crippen LogP contribution in [-0.4, -0.2) is 27.7 Å². The molecule has 5 heteroatoms. The fraction of sp³-hybridized carbons (Fsp3) is 0.800. The molecule has 0 bridgehead atoms. The van der Waals surface area contributed by atoms with Gasteiger partial charge in [0, 0.05) is 18.4 Å². The van der Waals surface area contributed by atoms with Gasteiger partial charge in [0.1, 0.15) is 0 Å². The molecule has 20 heavy (non-hydrogen) atoms. The average Bonchev–Trinajstić information content (AvgIpc) is 2.96. The van der Waals surface area contributed by atoms with Gasteiger partial charge in [-0.15, -0.1) is 0 Å². The molecule has 3 rings (SSSR count). The van der Waals surface area contributed by atoms with Crippen LogP contribution in [0, 0.1) is 11.3 Å². The minimum atomic E-state index is -0.390. The maximum absolute atomic E-state index is 12.9. The molecule has 0 aromatic carbocycles. The van der Waals surface area contributed by atoms with Gasteiger partial charge in [0.15, 0.2) is 0 Å². The highest BCUT2D eigenvalue weighted by molar-refractivity contribution is 7.80. The lowest BCUT2D eigenvalue weighted by Gasteiger charge is -2.33. The van der Waals surface area contributed by atoms with Crippen LogP contribution in [-0.2, 0) is 9.59 Å². The van der Waals surface area contributed by atoms with Crippen molar-refractivity contribution in [2.45, 2.75) is 63.8 Å². The number of nitrogens with two attached hydrogens (primary N) is 1. The second-order valence-corrected chi connectivity index (χ2v) is 7.07. The molecule has 3 aliphatic rings. The summed E-state index contributed by atoms with van der Waals surface area (Å²) in [4.78, 5) is 27.3. The van der Waals surface area contributed by atoms with Crippen LogP contribution in [0.25, 0.3) is 0 Å². The number of likely N-dealkylation sites (tertiary alicyclic amines) is 1. The molecule has 0 aromatic rings. The fourth-order valence-corrected chi connectivity index (χ4v) is 4.63.